The first-order chi connectivity index (χ1) is 11.5. The molecule has 0 saturated carbocycles. The van der Waals surface area contributed by atoms with Crippen LogP contribution in [0.25, 0.3) is 6.08 Å². The number of halogens is 6. The van der Waals surface area contributed by atoms with Gasteiger partial charge in [-0.2, -0.15) is 26.3 Å². The maximum absolute atomic E-state index is 12.6. The number of amides is 1. The quantitative estimate of drug-likeness (QED) is 0.717. The average Bonchev–Trinajstić information content (AvgIpc) is 2.52. The first-order valence-corrected chi connectivity index (χ1v) is 6.89. The third kappa shape index (κ3) is 5.66. The first-order valence-electron chi connectivity index (χ1n) is 6.89. The lowest BCUT2D eigenvalue weighted by Gasteiger charge is -2.10. The lowest BCUT2D eigenvalue weighted by atomic mass is 10.1. The summed E-state index contributed by atoms with van der Waals surface area (Å²) in [6.07, 6.45) is -8.08. The number of hydrogen-bond donors (Lipinski definition) is 1. The molecular weight excluding hydrogens is 348 g/mol. The Kier molecular flexibility index (Phi) is 5.20. The topological polar surface area (TPSA) is 29.1 Å². The number of hydrogen-bond acceptors (Lipinski definition) is 1. The van der Waals surface area contributed by atoms with Crippen molar-refractivity contribution in [1.29, 1.82) is 0 Å². The zero-order chi connectivity index (χ0) is 18.7. The van der Waals surface area contributed by atoms with Crippen molar-refractivity contribution in [1.82, 2.24) is 0 Å². The van der Waals surface area contributed by atoms with E-state index in [9.17, 15) is 31.1 Å². The molecular formula is C17H11F6NO. The lowest BCUT2D eigenvalue weighted by Crippen LogP contribution is -2.13. The van der Waals surface area contributed by atoms with Crippen LogP contribution >= 0.6 is 0 Å². The van der Waals surface area contributed by atoms with E-state index in [1.54, 1.807) is 0 Å². The Hall–Kier alpha value is -2.77. The molecule has 1 N–H and O–H groups in total. The van der Waals surface area contributed by atoms with E-state index < -0.39 is 23.8 Å². The molecule has 2 aromatic carbocycles. The average molecular weight is 359 g/mol. The van der Waals surface area contributed by atoms with Crippen LogP contribution in [0.5, 0.6) is 0 Å². The number of benzene rings is 2. The minimum atomic E-state index is -4.53. The van der Waals surface area contributed by atoms with Gasteiger partial charge in [-0.25, -0.2) is 0 Å². The van der Waals surface area contributed by atoms with E-state index in [2.05, 4.69) is 5.32 Å². The predicted octanol–water partition coefficient (Wildman–Crippen LogP) is 5.53. The smallest absolute Gasteiger partial charge is 0.322 e. The minimum absolute atomic E-state index is 0.0409. The Balaban J connectivity index is 2.10. The Bertz CT molecular complexity index is 775. The summed E-state index contributed by atoms with van der Waals surface area (Å²) in [5, 5.41) is 2.31. The molecule has 0 radical (unpaired) electrons. The van der Waals surface area contributed by atoms with Gasteiger partial charge in [0.2, 0.25) is 0 Å². The number of anilines is 1. The summed E-state index contributed by atoms with van der Waals surface area (Å²) in [6, 6.07) is 9.26. The molecule has 132 valence electrons. The SMILES string of the molecule is O=C(Nc1cccc(C(F)(F)F)c1)c1ccc(C=CC(F)(F)F)cc1. The zero-order valence-electron chi connectivity index (χ0n) is 12.4. The van der Waals surface area contributed by atoms with E-state index in [-0.39, 0.29) is 22.9 Å². The molecule has 1 amide bonds. The number of alkyl halides is 6. The fraction of sp³-hybridized carbons (Fsp3) is 0.118. The van der Waals surface area contributed by atoms with Gasteiger partial charge in [-0.1, -0.05) is 24.3 Å². The number of allylic oxidation sites excluding steroid dienone is 1. The van der Waals surface area contributed by atoms with Crippen molar-refractivity contribution in [2.75, 3.05) is 5.32 Å². The van der Waals surface area contributed by atoms with Crippen molar-refractivity contribution in [2.24, 2.45) is 0 Å². The van der Waals surface area contributed by atoms with E-state index in [0.717, 1.165) is 24.3 Å². The summed E-state index contributed by atoms with van der Waals surface area (Å²) >= 11 is 0. The molecule has 0 unspecified atom stereocenters. The van der Waals surface area contributed by atoms with Crippen LogP contribution in [0.3, 0.4) is 0 Å². The Morgan fingerprint density at radius 2 is 1.56 bits per heavy atom. The van der Waals surface area contributed by atoms with Crippen molar-refractivity contribution >= 4 is 17.7 Å². The van der Waals surface area contributed by atoms with Gasteiger partial charge >= 0.3 is 12.4 Å². The summed E-state index contributed by atoms with van der Waals surface area (Å²) in [5.74, 6) is -0.675. The summed E-state index contributed by atoms with van der Waals surface area (Å²) in [6.45, 7) is 0. The van der Waals surface area contributed by atoms with Gasteiger partial charge in [0.25, 0.3) is 5.91 Å². The van der Waals surface area contributed by atoms with E-state index in [1.807, 2.05) is 0 Å². The van der Waals surface area contributed by atoms with Gasteiger partial charge in [0.1, 0.15) is 0 Å². The van der Waals surface area contributed by atoms with Crippen LogP contribution in [0.2, 0.25) is 0 Å². The number of nitrogens with one attached hydrogen (secondary N) is 1. The first kappa shape index (κ1) is 18.6. The minimum Gasteiger partial charge on any atom is -0.322 e. The van der Waals surface area contributed by atoms with Gasteiger partial charge in [-0.15, -0.1) is 0 Å². The van der Waals surface area contributed by atoms with Crippen molar-refractivity contribution in [2.45, 2.75) is 12.4 Å². The lowest BCUT2D eigenvalue weighted by molar-refractivity contribution is -0.137. The molecule has 0 heterocycles. The van der Waals surface area contributed by atoms with Crippen molar-refractivity contribution in [3.8, 4) is 0 Å². The standard InChI is InChI=1S/C17H11F6NO/c18-16(19,20)9-8-11-4-6-12(7-5-11)15(25)24-14-3-1-2-13(10-14)17(21,22)23/h1-10H,(H,24,25). The van der Waals surface area contributed by atoms with Crippen LogP contribution in [0.15, 0.2) is 54.6 Å². The summed E-state index contributed by atoms with van der Waals surface area (Å²) in [7, 11) is 0. The van der Waals surface area contributed by atoms with E-state index in [1.165, 1.54) is 30.3 Å². The van der Waals surface area contributed by atoms with Gasteiger partial charge in [0.05, 0.1) is 5.56 Å². The Morgan fingerprint density at radius 3 is 2.12 bits per heavy atom. The molecule has 2 aromatic rings. The summed E-state index contributed by atoms with van der Waals surface area (Å²) in [5.41, 5.74) is -0.617. The van der Waals surface area contributed by atoms with E-state index >= 15 is 0 Å². The van der Waals surface area contributed by atoms with Gasteiger partial charge in [-0.05, 0) is 35.9 Å². The summed E-state index contributed by atoms with van der Waals surface area (Å²) in [4.78, 5) is 12.0. The van der Waals surface area contributed by atoms with Gasteiger partial charge in [0.15, 0.2) is 0 Å². The normalized spacial score (nSPS) is 12.4. The molecule has 0 aliphatic rings. The maximum atomic E-state index is 12.6. The van der Waals surface area contributed by atoms with Crippen molar-refractivity contribution < 1.29 is 31.1 Å². The highest BCUT2D eigenvalue weighted by atomic mass is 19.4. The molecule has 0 aliphatic carbocycles. The largest absolute Gasteiger partial charge is 0.416 e. The highest BCUT2D eigenvalue weighted by Gasteiger charge is 2.30. The number of rotatable bonds is 3. The highest BCUT2D eigenvalue weighted by Crippen LogP contribution is 2.30. The molecule has 0 saturated heterocycles. The molecule has 0 atom stereocenters. The van der Waals surface area contributed by atoms with E-state index in [4.69, 9.17) is 0 Å². The third-order valence-electron chi connectivity index (χ3n) is 3.09. The molecule has 2 rings (SSSR count). The molecule has 0 bridgehead atoms. The molecule has 0 fully saturated rings. The molecule has 0 aromatic heterocycles. The van der Waals surface area contributed by atoms with Crippen LogP contribution in [0, 0.1) is 0 Å². The third-order valence-corrected chi connectivity index (χ3v) is 3.09. The fourth-order valence-corrected chi connectivity index (χ4v) is 1.91. The molecule has 25 heavy (non-hydrogen) atoms. The van der Waals surface area contributed by atoms with Crippen molar-refractivity contribution in [3.05, 3.63) is 71.3 Å². The van der Waals surface area contributed by atoms with Crippen LogP contribution in [0.4, 0.5) is 32.0 Å². The Labute approximate surface area is 138 Å². The second-order valence-corrected chi connectivity index (χ2v) is 5.03. The van der Waals surface area contributed by atoms with Crippen LogP contribution in [-0.2, 0) is 6.18 Å². The summed E-state index contributed by atoms with van der Waals surface area (Å²) < 4.78 is 74.1. The molecule has 2 nitrogen and oxygen atoms in total. The van der Waals surface area contributed by atoms with Crippen LogP contribution < -0.4 is 5.32 Å². The zero-order valence-corrected chi connectivity index (χ0v) is 12.4. The van der Waals surface area contributed by atoms with Crippen LogP contribution in [0.1, 0.15) is 21.5 Å². The predicted molar refractivity (Wildman–Crippen MR) is 80.9 cm³/mol. The molecule has 8 heteroatoms. The monoisotopic (exact) mass is 359 g/mol. The number of carbonyl (C=O) groups is 1. The van der Waals surface area contributed by atoms with Crippen LogP contribution in [-0.4, -0.2) is 12.1 Å². The molecule has 0 aliphatic heterocycles. The van der Waals surface area contributed by atoms with Gasteiger partial charge < -0.3 is 5.32 Å². The van der Waals surface area contributed by atoms with Crippen molar-refractivity contribution in [3.63, 3.8) is 0 Å². The fourth-order valence-electron chi connectivity index (χ4n) is 1.91. The van der Waals surface area contributed by atoms with Gasteiger partial charge in [-0.3, -0.25) is 4.79 Å². The van der Waals surface area contributed by atoms with E-state index in [0.29, 0.717) is 0 Å². The molecule has 0 spiro atoms. The highest BCUT2D eigenvalue weighted by molar-refractivity contribution is 6.04. The van der Waals surface area contributed by atoms with Gasteiger partial charge in [0, 0.05) is 17.3 Å². The Morgan fingerprint density at radius 1 is 0.920 bits per heavy atom. The second kappa shape index (κ2) is 7.00. The maximum Gasteiger partial charge on any atom is 0.416 e. The second-order valence-electron chi connectivity index (χ2n) is 5.03. The number of carbonyl (C=O) groups excluding carboxylic acids is 1.